The lowest BCUT2D eigenvalue weighted by molar-refractivity contribution is 0.463. The Morgan fingerprint density at radius 3 is 2.75 bits per heavy atom. The summed E-state index contributed by atoms with van der Waals surface area (Å²) < 4.78 is 2.03. The molecule has 0 saturated heterocycles. The van der Waals surface area contributed by atoms with Crippen molar-refractivity contribution in [2.45, 2.75) is 26.3 Å². The van der Waals surface area contributed by atoms with Gasteiger partial charge < -0.3 is 15.2 Å². The van der Waals surface area contributed by atoms with Crippen LogP contribution in [0.4, 0.5) is 0 Å². The number of halogens is 1. The van der Waals surface area contributed by atoms with E-state index in [1.807, 2.05) is 60.2 Å². The highest BCUT2D eigenvalue weighted by molar-refractivity contribution is 14.0. The number of fused-ring (bicyclic) bond motifs is 1. The Kier molecular flexibility index (Phi) is 8.60. The number of aromatic amines is 1. The molecule has 4 rings (SSSR count). The van der Waals surface area contributed by atoms with Crippen molar-refractivity contribution >= 4 is 35.6 Å². The zero-order valence-corrected chi connectivity index (χ0v) is 20.7. The molecule has 0 unspecified atom stereocenters. The van der Waals surface area contributed by atoms with Crippen LogP contribution in [0, 0.1) is 0 Å². The summed E-state index contributed by atoms with van der Waals surface area (Å²) in [5, 5.41) is 11.9. The third-order valence-electron chi connectivity index (χ3n) is 5.00. The van der Waals surface area contributed by atoms with Crippen LogP contribution < -0.4 is 5.32 Å². The van der Waals surface area contributed by atoms with E-state index in [0.717, 1.165) is 53.9 Å². The fraction of sp³-hybridized carbons (Fsp3) is 0.304. The number of imidazole rings is 1. The number of aromatic nitrogens is 5. The molecule has 4 aromatic rings. The molecule has 2 N–H and O–H groups in total. The maximum absolute atomic E-state index is 4.79. The number of hydrogen-bond donors (Lipinski definition) is 2. The van der Waals surface area contributed by atoms with Gasteiger partial charge in [-0.05, 0) is 31.0 Å². The summed E-state index contributed by atoms with van der Waals surface area (Å²) in [6, 6.07) is 16.1. The first-order chi connectivity index (χ1) is 15.2. The topological polar surface area (TPSA) is 86.5 Å². The van der Waals surface area contributed by atoms with Gasteiger partial charge >= 0.3 is 0 Å². The molecule has 0 atom stereocenters. The molecule has 9 heteroatoms. The second kappa shape index (κ2) is 11.6. The standard InChI is InChI=1S/C23H28N8.HI/c1-3-24-23(25-14-9-13-22-29-28-21-12-7-8-15-31(21)22)30(2)17-20-26-16-19(27-20)18-10-5-4-6-11-18;/h4-8,10-12,15-16H,3,9,13-14,17H2,1-2H3,(H,24,25)(H,26,27);1H. The number of aliphatic imine (C=N–C) groups is 1. The number of H-pyrrole nitrogens is 1. The Bertz CT molecular complexity index is 1140. The summed E-state index contributed by atoms with van der Waals surface area (Å²) in [7, 11) is 2.03. The number of benzene rings is 1. The SMILES string of the molecule is CCNC(=NCCCc1nnc2ccccn12)N(C)Cc1ncc(-c2ccccc2)[nH]1.I. The van der Waals surface area contributed by atoms with Crippen molar-refractivity contribution in [1.82, 2.24) is 34.8 Å². The van der Waals surface area contributed by atoms with Crippen molar-refractivity contribution < 1.29 is 0 Å². The van der Waals surface area contributed by atoms with Gasteiger partial charge in [-0.25, -0.2) is 4.98 Å². The van der Waals surface area contributed by atoms with Gasteiger partial charge in [-0.3, -0.25) is 9.39 Å². The normalized spacial score (nSPS) is 11.4. The van der Waals surface area contributed by atoms with E-state index in [0.29, 0.717) is 13.1 Å². The Labute approximate surface area is 205 Å². The van der Waals surface area contributed by atoms with Crippen molar-refractivity contribution in [3.8, 4) is 11.3 Å². The van der Waals surface area contributed by atoms with Crippen LogP contribution in [0.2, 0.25) is 0 Å². The van der Waals surface area contributed by atoms with Crippen LogP contribution in [0.25, 0.3) is 16.9 Å². The highest BCUT2D eigenvalue weighted by Gasteiger charge is 2.10. The molecular weight excluding hydrogens is 515 g/mol. The number of aryl methyl sites for hydroxylation is 1. The second-order valence-electron chi connectivity index (χ2n) is 7.35. The number of hydrogen-bond acceptors (Lipinski definition) is 4. The van der Waals surface area contributed by atoms with Gasteiger partial charge in [0.2, 0.25) is 0 Å². The van der Waals surface area contributed by atoms with Crippen LogP contribution in [0.3, 0.4) is 0 Å². The molecule has 1 aromatic carbocycles. The first-order valence-electron chi connectivity index (χ1n) is 10.6. The van der Waals surface area contributed by atoms with Crippen molar-refractivity contribution in [2.24, 2.45) is 4.99 Å². The molecule has 0 aliphatic carbocycles. The van der Waals surface area contributed by atoms with Crippen molar-refractivity contribution in [1.29, 1.82) is 0 Å². The first kappa shape index (κ1) is 23.7. The van der Waals surface area contributed by atoms with Gasteiger partial charge in [-0.15, -0.1) is 34.2 Å². The lowest BCUT2D eigenvalue weighted by Crippen LogP contribution is -2.38. The van der Waals surface area contributed by atoms with E-state index in [9.17, 15) is 0 Å². The highest BCUT2D eigenvalue weighted by atomic mass is 127. The molecule has 0 aliphatic rings. The van der Waals surface area contributed by atoms with E-state index >= 15 is 0 Å². The lowest BCUT2D eigenvalue weighted by Gasteiger charge is -2.21. The predicted molar refractivity (Wildman–Crippen MR) is 138 cm³/mol. The van der Waals surface area contributed by atoms with Gasteiger partial charge in [0.05, 0.1) is 18.4 Å². The maximum atomic E-state index is 4.79. The molecule has 8 nitrogen and oxygen atoms in total. The Morgan fingerprint density at radius 2 is 1.94 bits per heavy atom. The average molecular weight is 544 g/mol. The summed E-state index contributed by atoms with van der Waals surface area (Å²) in [5.41, 5.74) is 3.03. The molecule has 0 bridgehead atoms. The number of rotatable bonds is 8. The van der Waals surface area contributed by atoms with Gasteiger partial charge in [0.15, 0.2) is 11.6 Å². The van der Waals surface area contributed by atoms with Gasteiger partial charge in [-0.2, -0.15) is 0 Å². The minimum absolute atomic E-state index is 0. The molecule has 0 spiro atoms. The molecule has 0 aliphatic heterocycles. The van der Waals surface area contributed by atoms with E-state index in [2.05, 4.69) is 49.4 Å². The van der Waals surface area contributed by atoms with E-state index in [1.54, 1.807) is 0 Å². The minimum atomic E-state index is 0. The molecule has 0 saturated carbocycles. The van der Waals surface area contributed by atoms with Gasteiger partial charge in [-0.1, -0.05) is 36.4 Å². The van der Waals surface area contributed by atoms with Gasteiger partial charge in [0.25, 0.3) is 0 Å². The third kappa shape index (κ3) is 5.84. The van der Waals surface area contributed by atoms with Crippen LogP contribution in [0.15, 0.2) is 65.9 Å². The summed E-state index contributed by atoms with van der Waals surface area (Å²) in [6.07, 6.45) is 5.61. The van der Waals surface area contributed by atoms with E-state index in [1.165, 1.54) is 0 Å². The Morgan fingerprint density at radius 1 is 1.12 bits per heavy atom. The zero-order chi connectivity index (χ0) is 21.5. The fourth-order valence-electron chi connectivity index (χ4n) is 3.46. The monoisotopic (exact) mass is 544 g/mol. The average Bonchev–Trinajstić information content (AvgIpc) is 3.44. The number of pyridine rings is 1. The third-order valence-corrected chi connectivity index (χ3v) is 5.00. The van der Waals surface area contributed by atoms with Crippen LogP contribution >= 0.6 is 24.0 Å². The highest BCUT2D eigenvalue weighted by Crippen LogP contribution is 2.16. The largest absolute Gasteiger partial charge is 0.357 e. The fourth-order valence-corrected chi connectivity index (χ4v) is 3.46. The van der Waals surface area contributed by atoms with E-state index in [-0.39, 0.29) is 24.0 Å². The van der Waals surface area contributed by atoms with Gasteiger partial charge in [0, 0.05) is 32.8 Å². The van der Waals surface area contributed by atoms with Crippen molar-refractivity contribution in [3.05, 3.63) is 72.6 Å². The van der Waals surface area contributed by atoms with Crippen LogP contribution in [-0.4, -0.2) is 55.6 Å². The van der Waals surface area contributed by atoms with E-state index in [4.69, 9.17) is 4.99 Å². The maximum Gasteiger partial charge on any atom is 0.194 e. The van der Waals surface area contributed by atoms with E-state index < -0.39 is 0 Å². The molecule has 3 heterocycles. The zero-order valence-electron chi connectivity index (χ0n) is 18.4. The summed E-state index contributed by atoms with van der Waals surface area (Å²) >= 11 is 0. The number of nitrogens with one attached hydrogen (secondary N) is 2. The Hall–Kier alpha value is -2.95. The summed E-state index contributed by atoms with van der Waals surface area (Å²) in [6.45, 7) is 4.24. The number of nitrogens with zero attached hydrogens (tertiary/aromatic N) is 6. The lowest BCUT2D eigenvalue weighted by atomic mass is 10.2. The molecular formula is C23H29IN8. The van der Waals surface area contributed by atoms with Crippen LogP contribution in [0.1, 0.15) is 25.0 Å². The Balaban J connectivity index is 0.00000289. The quantitative estimate of drug-likeness (QED) is 0.153. The number of guanidine groups is 1. The second-order valence-corrected chi connectivity index (χ2v) is 7.35. The van der Waals surface area contributed by atoms with Crippen LogP contribution in [0.5, 0.6) is 0 Å². The molecule has 0 amide bonds. The smallest absolute Gasteiger partial charge is 0.194 e. The molecule has 32 heavy (non-hydrogen) atoms. The molecule has 0 fully saturated rings. The van der Waals surface area contributed by atoms with Gasteiger partial charge in [0.1, 0.15) is 11.6 Å². The van der Waals surface area contributed by atoms with Crippen LogP contribution in [-0.2, 0) is 13.0 Å². The molecule has 168 valence electrons. The van der Waals surface area contributed by atoms with Crippen molar-refractivity contribution in [2.75, 3.05) is 20.1 Å². The first-order valence-corrected chi connectivity index (χ1v) is 10.6. The molecule has 0 radical (unpaired) electrons. The molecule has 3 aromatic heterocycles. The summed E-state index contributed by atoms with van der Waals surface area (Å²) in [4.78, 5) is 14.8. The summed E-state index contributed by atoms with van der Waals surface area (Å²) in [5.74, 6) is 2.74. The predicted octanol–water partition coefficient (Wildman–Crippen LogP) is 3.77. The minimum Gasteiger partial charge on any atom is -0.357 e. The van der Waals surface area contributed by atoms with Crippen molar-refractivity contribution in [3.63, 3.8) is 0 Å².